The highest BCUT2D eigenvalue weighted by Gasteiger charge is 2.68. The van der Waals surface area contributed by atoms with Gasteiger partial charge in [-0.15, -0.1) is 0 Å². The summed E-state index contributed by atoms with van der Waals surface area (Å²) in [7, 11) is 0. The summed E-state index contributed by atoms with van der Waals surface area (Å²) in [4.78, 5) is 2.69. The molecule has 3 aliphatic rings. The van der Waals surface area contributed by atoms with E-state index in [9.17, 15) is 0 Å². The SMILES string of the molecule is CCC1CCC(C)N1CC1(N)C2CCOC2C1(C)C. The van der Waals surface area contributed by atoms with E-state index in [0.717, 1.165) is 25.6 Å². The van der Waals surface area contributed by atoms with Crippen LogP contribution in [-0.2, 0) is 4.74 Å². The van der Waals surface area contributed by atoms with Gasteiger partial charge in [-0.05, 0) is 32.6 Å². The van der Waals surface area contributed by atoms with E-state index in [1.165, 1.54) is 19.3 Å². The molecule has 3 nitrogen and oxygen atoms in total. The maximum absolute atomic E-state index is 6.90. The smallest absolute Gasteiger partial charge is 0.0691 e. The van der Waals surface area contributed by atoms with Crippen LogP contribution in [0.5, 0.6) is 0 Å². The molecule has 2 aliphatic heterocycles. The standard InChI is InChI=1S/C16H30N2O/c1-5-12-7-6-11(2)18(12)10-16(17)13-8-9-19-14(13)15(16,3)4/h11-14H,5-10,17H2,1-4H3. The summed E-state index contributed by atoms with van der Waals surface area (Å²) < 4.78 is 5.91. The third-order valence-electron chi connectivity index (χ3n) is 6.53. The van der Waals surface area contributed by atoms with Crippen molar-refractivity contribution in [2.75, 3.05) is 13.2 Å². The Morgan fingerprint density at radius 1 is 1.26 bits per heavy atom. The molecule has 0 aromatic carbocycles. The molecule has 3 rings (SSSR count). The number of nitrogens with zero attached hydrogens (tertiary/aromatic N) is 1. The Labute approximate surface area is 117 Å². The van der Waals surface area contributed by atoms with E-state index in [1.54, 1.807) is 0 Å². The van der Waals surface area contributed by atoms with Gasteiger partial charge in [-0.1, -0.05) is 20.8 Å². The van der Waals surface area contributed by atoms with E-state index in [1.807, 2.05) is 0 Å². The lowest BCUT2D eigenvalue weighted by atomic mass is 9.48. The maximum Gasteiger partial charge on any atom is 0.0691 e. The molecule has 0 radical (unpaired) electrons. The van der Waals surface area contributed by atoms with E-state index < -0.39 is 0 Å². The van der Waals surface area contributed by atoms with Crippen LogP contribution >= 0.6 is 0 Å². The molecule has 2 heterocycles. The first-order valence-corrected chi connectivity index (χ1v) is 8.08. The molecular weight excluding hydrogens is 236 g/mol. The lowest BCUT2D eigenvalue weighted by molar-refractivity contribution is -0.165. The van der Waals surface area contributed by atoms with Crippen LogP contribution < -0.4 is 5.73 Å². The van der Waals surface area contributed by atoms with Crippen molar-refractivity contribution in [2.45, 2.75) is 77.1 Å². The van der Waals surface area contributed by atoms with Crippen molar-refractivity contribution >= 4 is 0 Å². The summed E-state index contributed by atoms with van der Waals surface area (Å²) in [6.07, 6.45) is 5.49. The fourth-order valence-electron chi connectivity index (χ4n) is 4.95. The molecule has 5 atom stereocenters. The second-order valence-electron chi connectivity index (χ2n) is 7.61. The molecule has 2 saturated heterocycles. The number of hydrogen-bond donors (Lipinski definition) is 1. The predicted molar refractivity (Wildman–Crippen MR) is 78.0 cm³/mol. The summed E-state index contributed by atoms with van der Waals surface area (Å²) in [6, 6.07) is 1.44. The fraction of sp³-hybridized carbons (Fsp3) is 1.00. The van der Waals surface area contributed by atoms with Crippen LogP contribution in [0.2, 0.25) is 0 Å². The summed E-state index contributed by atoms with van der Waals surface area (Å²) in [5, 5.41) is 0. The van der Waals surface area contributed by atoms with Crippen molar-refractivity contribution in [3.63, 3.8) is 0 Å². The zero-order chi connectivity index (χ0) is 13.8. The van der Waals surface area contributed by atoms with E-state index in [2.05, 4.69) is 32.6 Å². The van der Waals surface area contributed by atoms with Crippen LogP contribution in [0.25, 0.3) is 0 Å². The van der Waals surface area contributed by atoms with Crippen LogP contribution in [-0.4, -0.2) is 41.8 Å². The van der Waals surface area contributed by atoms with Crippen molar-refractivity contribution in [1.29, 1.82) is 0 Å². The molecule has 1 saturated carbocycles. The van der Waals surface area contributed by atoms with Gasteiger partial charge >= 0.3 is 0 Å². The molecule has 0 aromatic rings. The van der Waals surface area contributed by atoms with Gasteiger partial charge in [0.25, 0.3) is 0 Å². The van der Waals surface area contributed by atoms with Crippen LogP contribution in [0.4, 0.5) is 0 Å². The van der Waals surface area contributed by atoms with Gasteiger partial charge in [-0.2, -0.15) is 0 Å². The zero-order valence-electron chi connectivity index (χ0n) is 13.0. The molecular formula is C16H30N2O. The van der Waals surface area contributed by atoms with E-state index in [4.69, 9.17) is 10.5 Å². The first-order chi connectivity index (χ1) is 8.91. The lowest BCUT2D eigenvalue weighted by Crippen LogP contribution is -2.78. The van der Waals surface area contributed by atoms with Gasteiger partial charge in [0.05, 0.1) is 6.10 Å². The van der Waals surface area contributed by atoms with Crippen molar-refractivity contribution in [3.8, 4) is 0 Å². The summed E-state index contributed by atoms with van der Waals surface area (Å²) >= 11 is 0. The lowest BCUT2D eigenvalue weighted by Gasteiger charge is -2.63. The Hall–Kier alpha value is -0.120. The Morgan fingerprint density at radius 3 is 2.68 bits per heavy atom. The second-order valence-corrected chi connectivity index (χ2v) is 7.61. The number of rotatable bonds is 3. The van der Waals surface area contributed by atoms with Gasteiger partial charge in [0.15, 0.2) is 0 Å². The Balaban J connectivity index is 1.78. The number of ether oxygens (including phenoxy) is 1. The minimum Gasteiger partial charge on any atom is -0.377 e. The Morgan fingerprint density at radius 2 is 2.00 bits per heavy atom. The largest absolute Gasteiger partial charge is 0.377 e. The summed E-state index contributed by atoms with van der Waals surface area (Å²) in [5.41, 5.74) is 6.97. The van der Waals surface area contributed by atoms with Crippen LogP contribution in [0.1, 0.15) is 53.4 Å². The molecule has 0 amide bonds. The Kier molecular flexibility index (Phi) is 3.23. The normalized spacial score (nSPS) is 49.1. The molecule has 19 heavy (non-hydrogen) atoms. The van der Waals surface area contributed by atoms with E-state index in [-0.39, 0.29) is 11.0 Å². The molecule has 1 aliphatic carbocycles. The maximum atomic E-state index is 6.90. The highest BCUT2D eigenvalue weighted by Crippen LogP contribution is 2.58. The molecule has 110 valence electrons. The van der Waals surface area contributed by atoms with Gasteiger partial charge in [0.1, 0.15) is 0 Å². The average Bonchev–Trinajstić information content (AvgIpc) is 2.96. The van der Waals surface area contributed by atoms with Crippen LogP contribution in [0.15, 0.2) is 0 Å². The first kappa shape index (κ1) is 13.8. The second kappa shape index (κ2) is 4.44. The molecule has 2 N–H and O–H groups in total. The van der Waals surface area contributed by atoms with E-state index in [0.29, 0.717) is 18.1 Å². The van der Waals surface area contributed by atoms with Crippen molar-refractivity contribution in [3.05, 3.63) is 0 Å². The van der Waals surface area contributed by atoms with Crippen molar-refractivity contribution in [1.82, 2.24) is 4.90 Å². The molecule has 0 bridgehead atoms. The monoisotopic (exact) mass is 266 g/mol. The van der Waals surface area contributed by atoms with Crippen molar-refractivity contribution < 1.29 is 4.74 Å². The van der Waals surface area contributed by atoms with Gasteiger partial charge < -0.3 is 10.5 Å². The molecule has 0 spiro atoms. The van der Waals surface area contributed by atoms with Crippen molar-refractivity contribution in [2.24, 2.45) is 17.1 Å². The number of hydrogen-bond acceptors (Lipinski definition) is 3. The minimum atomic E-state index is -0.0554. The van der Waals surface area contributed by atoms with Gasteiger partial charge in [-0.3, -0.25) is 4.90 Å². The summed E-state index contributed by atoms with van der Waals surface area (Å²) in [6.45, 7) is 11.3. The van der Waals surface area contributed by atoms with E-state index >= 15 is 0 Å². The van der Waals surface area contributed by atoms with Gasteiger partial charge in [-0.25, -0.2) is 0 Å². The first-order valence-electron chi connectivity index (χ1n) is 8.08. The molecule has 5 unspecified atom stereocenters. The van der Waals surface area contributed by atoms with Crippen LogP contribution in [0, 0.1) is 11.3 Å². The highest BCUT2D eigenvalue weighted by molar-refractivity contribution is 5.22. The topological polar surface area (TPSA) is 38.5 Å². The average molecular weight is 266 g/mol. The van der Waals surface area contributed by atoms with Gasteiger partial charge in [0.2, 0.25) is 0 Å². The zero-order valence-corrected chi connectivity index (χ0v) is 13.0. The third kappa shape index (κ3) is 1.74. The van der Waals surface area contributed by atoms with Crippen LogP contribution in [0.3, 0.4) is 0 Å². The van der Waals surface area contributed by atoms with Gasteiger partial charge in [0, 0.05) is 42.1 Å². The molecule has 3 fully saturated rings. The molecule has 0 aromatic heterocycles. The molecule has 3 heteroatoms. The highest BCUT2D eigenvalue weighted by atomic mass is 16.5. The number of fused-ring (bicyclic) bond motifs is 1. The Bertz CT molecular complexity index is 357. The quantitative estimate of drug-likeness (QED) is 0.852. The number of likely N-dealkylation sites (tertiary alicyclic amines) is 1. The predicted octanol–water partition coefficient (Wildman–Crippen LogP) is 2.39. The third-order valence-corrected chi connectivity index (χ3v) is 6.53. The minimum absolute atomic E-state index is 0.0554. The number of nitrogens with two attached hydrogens (primary N) is 1. The summed E-state index contributed by atoms with van der Waals surface area (Å²) in [5.74, 6) is 0.577. The fourth-order valence-corrected chi connectivity index (χ4v) is 4.95.